The molecule has 0 bridgehead atoms. The van der Waals surface area contributed by atoms with Crippen molar-refractivity contribution in [3.05, 3.63) is 65.2 Å². The predicted molar refractivity (Wildman–Crippen MR) is 187 cm³/mol. The molecule has 262 valence electrons. The fourth-order valence-electron chi connectivity index (χ4n) is 6.37. The highest BCUT2D eigenvalue weighted by atomic mass is 16.5. The second kappa shape index (κ2) is 16.3. The lowest BCUT2D eigenvalue weighted by Crippen LogP contribution is -2.64. The van der Waals surface area contributed by atoms with Crippen LogP contribution in [0.4, 0.5) is 0 Å². The highest BCUT2D eigenvalue weighted by Crippen LogP contribution is 2.38. The van der Waals surface area contributed by atoms with Gasteiger partial charge in [-0.2, -0.15) is 0 Å². The first-order valence-corrected chi connectivity index (χ1v) is 16.7. The molecule has 0 saturated carbocycles. The second-order valence-electron chi connectivity index (χ2n) is 13.7. The van der Waals surface area contributed by atoms with Gasteiger partial charge in [0.25, 0.3) is 11.9 Å². The SMILES string of the molecule is COc1cc(CNC(=O)[C@@H]2CN(C3=NC(C)(C)[C@H](c4ccccc4)O3)CCN2C(=O)[C@@H](CCCCCN(C)C)N(C)C)ccc1C(N)=O. The zero-order valence-corrected chi connectivity index (χ0v) is 29.6. The number of carbonyl (C=O) groups is 3. The number of nitrogens with one attached hydrogen (secondary N) is 1. The van der Waals surface area contributed by atoms with Crippen LogP contribution in [0.2, 0.25) is 0 Å². The number of nitrogens with two attached hydrogens (primary N) is 1. The molecule has 2 heterocycles. The molecule has 12 nitrogen and oxygen atoms in total. The van der Waals surface area contributed by atoms with Gasteiger partial charge in [-0.15, -0.1) is 0 Å². The zero-order chi connectivity index (χ0) is 35.0. The van der Waals surface area contributed by atoms with Gasteiger partial charge in [0.1, 0.15) is 17.3 Å². The molecule has 0 unspecified atom stereocenters. The summed E-state index contributed by atoms with van der Waals surface area (Å²) in [6.07, 6.45) is 3.45. The van der Waals surface area contributed by atoms with Crippen LogP contribution in [-0.4, -0.2) is 122 Å². The molecule has 0 aromatic heterocycles. The van der Waals surface area contributed by atoms with Gasteiger partial charge in [-0.1, -0.05) is 49.2 Å². The van der Waals surface area contributed by atoms with E-state index < -0.39 is 17.5 Å². The lowest BCUT2D eigenvalue weighted by atomic mass is 9.93. The molecule has 1 fully saturated rings. The number of amidine groups is 1. The summed E-state index contributed by atoms with van der Waals surface area (Å²) in [6.45, 7) is 6.34. The van der Waals surface area contributed by atoms with Crippen molar-refractivity contribution in [3.8, 4) is 5.75 Å². The first kappa shape index (κ1) is 36.7. The summed E-state index contributed by atoms with van der Waals surface area (Å²) in [5.74, 6) is -0.605. The number of primary amides is 1. The van der Waals surface area contributed by atoms with Gasteiger partial charge in [-0.05, 0) is 84.7 Å². The number of unbranched alkanes of at least 4 members (excludes halogenated alkanes) is 2. The van der Waals surface area contributed by atoms with Crippen molar-refractivity contribution in [2.45, 2.75) is 69.8 Å². The van der Waals surface area contributed by atoms with Gasteiger partial charge >= 0.3 is 0 Å². The standard InChI is InChI=1S/C36H53N7O5/c1-36(2)31(26-14-10-8-11-15-26)48-35(39-36)42-20-21-43(34(46)28(41(5)6)16-12-9-13-19-40(3)4)29(24-42)33(45)38-23-25-17-18-27(32(37)44)30(22-25)47-7/h8,10-11,14-15,17-18,22,28-29,31H,9,12-13,16,19-21,23-24H2,1-7H3,(H2,37,44)(H,38,45)/t28-,29+,31+/m1/s1. The number of aliphatic imine (C=N–C) groups is 1. The third-order valence-electron chi connectivity index (χ3n) is 9.08. The first-order valence-electron chi connectivity index (χ1n) is 16.7. The number of ether oxygens (including phenoxy) is 2. The Balaban J connectivity index is 1.54. The smallest absolute Gasteiger partial charge is 0.288 e. The fraction of sp³-hybridized carbons (Fsp3) is 0.556. The minimum Gasteiger partial charge on any atom is -0.496 e. The molecule has 3 N–H and O–H groups in total. The molecule has 2 aliphatic rings. The van der Waals surface area contributed by atoms with E-state index in [-0.39, 0.29) is 42.6 Å². The quantitative estimate of drug-likeness (QED) is 0.295. The molecule has 1 saturated heterocycles. The largest absolute Gasteiger partial charge is 0.496 e. The predicted octanol–water partition coefficient (Wildman–Crippen LogP) is 2.88. The van der Waals surface area contributed by atoms with E-state index in [9.17, 15) is 14.4 Å². The van der Waals surface area contributed by atoms with Gasteiger partial charge in [-0.25, -0.2) is 4.99 Å². The highest BCUT2D eigenvalue weighted by molar-refractivity contribution is 5.95. The molecule has 12 heteroatoms. The van der Waals surface area contributed by atoms with E-state index in [1.54, 1.807) is 23.1 Å². The Hall–Kier alpha value is -4.16. The highest BCUT2D eigenvalue weighted by Gasteiger charge is 2.45. The number of likely N-dealkylation sites (N-methyl/N-ethyl adjacent to an activating group) is 1. The van der Waals surface area contributed by atoms with Crippen molar-refractivity contribution in [2.75, 3.05) is 61.5 Å². The number of hydrogen-bond donors (Lipinski definition) is 2. The third-order valence-corrected chi connectivity index (χ3v) is 9.08. The van der Waals surface area contributed by atoms with Crippen molar-refractivity contribution in [1.29, 1.82) is 0 Å². The maximum Gasteiger partial charge on any atom is 0.288 e. The number of carbonyl (C=O) groups excluding carboxylic acids is 3. The van der Waals surface area contributed by atoms with Crippen LogP contribution in [0.25, 0.3) is 0 Å². The fourth-order valence-corrected chi connectivity index (χ4v) is 6.37. The Kier molecular flexibility index (Phi) is 12.4. The summed E-state index contributed by atoms with van der Waals surface area (Å²) in [6, 6.07) is 14.4. The van der Waals surface area contributed by atoms with E-state index >= 15 is 0 Å². The van der Waals surface area contributed by atoms with E-state index in [0.29, 0.717) is 31.3 Å². The van der Waals surface area contributed by atoms with Gasteiger partial charge in [-0.3, -0.25) is 19.3 Å². The minimum atomic E-state index is -0.778. The van der Waals surface area contributed by atoms with Crippen molar-refractivity contribution in [1.82, 2.24) is 24.9 Å². The van der Waals surface area contributed by atoms with Crippen LogP contribution in [0.3, 0.4) is 0 Å². The maximum absolute atomic E-state index is 14.2. The molecular formula is C36H53N7O5. The maximum atomic E-state index is 14.2. The van der Waals surface area contributed by atoms with Crippen LogP contribution in [-0.2, 0) is 20.9 Å². The summed E-state index contributed by atoms with van der Waals surface area (Å²) in [7, 11) is 9.43. The Morgan fingerprint density at radius 1 is 1.06 bits per heavy atom. The van der Waals surface area contributed by atoms with Gasteiger partial charge < -0.3 is 35.2 Å². The van der Waals surface area contributed by atoms with E-state index in [2.05, 4.69) is 24.3 Å². The number of rotatable bonds is 14. The molecule has 0 spiro atoms. The van der Waals surface area contributed by atoms with Gasteiger partial charge in [0.05, 0.1) is 25.3 Å². The van der Waals surface area contributed by atoms with Crippen molar-refractivity contribution < 1.29 is 23.9 Å². The normalized spacial score (nSPS) is 19.6. The Bertz CT molecular complexity index is 1450. The summed E-state index contributed by atoms with van der Waals surface area (Å²) in [5.41, 5.74) is 6.98. The number of nitrogens with zero attached hydrogens (tertiary/aromatic N) is 5. The molecular weight excluding hydrogens is 610 g/mol. The molecule has 2 aliphatic heterocycles. The molecule has 2 aromatic rings. The molecule has 2 aromatic carbocycles. The third kappa shape index (κ3) is 9.04. The van der Waals surface area contributed by atoms with Crippen LogP contribution in [0, 0.1) is 0 Å². The summed E-state index contributed by atoms with van der Waals surface area (Å²) < 4.78 is 11.8. The molecule has 3 atom stereocenters. The number of methoxy groups -OCH3 is 1. The lowest BCUT2D eigenvalue weighted by molar-refractivity contribution is -0.147. The van der Waals surface area contributed by atoms with Crippen molar-refractivity contribution in [3.63, 3.8) is 0 Å². The minimum absolute atomic E-state index is 0.0586. The number of amides is 3. The molecule has 0 aliphatic carbocycles. The number of benzene rings is 2. The van der Waals surface area contributed by atoms with E-state index in [1.807, 2.05) is 68.1 Å². The zero-order valence-electron chi connectivity index (χ0n) is 29.6. The number of piperazine rings is 1. The van der Waals surface area contributed by atoms with Gasteiger partial charge in [0.15, 0.2) is 6.10 Å². The van der Waals surface area contributed by atoms with E-state index in [4.69, 9.17) is 20.2 Å². The topological polar surface area (TPSA) is 133 Å². The summed E-state index contributed by atoms with van der Waals surface area (Å²) >= 11 is 0. The Labute approximate surface area is 285 Å². The first-order chi connectivity index (χ1) is 22.8. The van der Waals surface area contributed by atoms with Crippen molar-refractivity contribution >= 4 is 23.7 Å². The van der Waals surface area contributed by atoms with E-state index in [1.165, 1.54) is 7.11 Å². The van der Waals surface area contributed by atoms with Crippen LogP contribution in [0.1, 0.15) is 67.1 Å². The number of hydrogen-bond acceptors (Lipinski definition) is 9. The Morgan fingerprint density at radius 2 is 1.79 bits per heavy atom. The van der Waals surface area contributed by atoms with Gasteiger partial charge in [0.2, 0.25) is 11.8 Å². The molecule has 3 amide bonds. The van der Waals surface area contributed by atoms with Crippen LogP contribution in [0.5, 0.6) is 5.75 Å². The molecule has 48 heavy (non-hydrogen) atoms. The molecule has 4 rings (SSSR count). The monoisotopic (exact) mass is 663 g/mol. The average molecular weight is 664 g/mol. The van der Waals surface area contributed by atoms with Crippen LogP contribution < -0.4 is 15.8 Å². The van der Waals surface area contributed by atoms with Crippen molar-refractivity contribution in [2.24, 2.45) is 10.7 Å². The van der Waals surface area contributed by atoms with Crippen LogP contribution in [0.15, 0.2) is 53.5 Å². The molecule has 0 radical (unpaired) electrons. The summed E-state index contributed by atoms with van der Waals surface area (Å²) in [5, 5.41) is 3.02. The average Bonchev–Trinajstić information content (AvgIpc) is 3.39. The Morgan fingerprint density at radius 3 is 2.44 bits per heavy atom. The summed E-state index contributed by atoms with van der Waals surface area (Å²) in [4.78, 5) is 52.8. The second-order valence-corrected chi connectivity index (χ2v) is 13.7. The van der Waals surface area contributed by atoms with E-state index in [0.717, 1.165) is 36.9 Å². The van der Waals surface area contributed by atoms with Gasteiger partial charge in [0, 0.05) is 19.6 Å². The van der Waals surface area contributed by atoms with Crippen LogP contribution >= 0.6 is 0 Å². The lowest BCUT2D eigenvalue weighted by Gasteiger charge is -2.42.